The highest BCUT2D eigenvalue weighted by Gasteiger charge is 2.08. The monoisotopic (exact) mass is 1330 g/mol. The van der Waals surface area contributed by atoms with Crippen molar-refractivity contribution in [1.82, 2.24) is 29.9 Å². The van der Waals surface area contributed by atoms with Crippen molar-refractivity contribution in [3.63, 3.8) is 0 Å². The molecule has 0 radical (unpaired) electrons. The fourth-order valence-electron chi connectivity index (χ4n) is 8.22. The first-order valence-electron chi connectivity index (χ1n) is 30.4. The number of hydrogen-bond donors (Lipinski definition) is 11. The lowest BCUT2D eigenvalue weighted by atomic mass is 9.88. The summed E-state index contributed by atoms with van der Waals surface area (Å²) in [6, 6.07) is 79.4. The lowest BCUT2D eigenvalue weighted by Crippen LogP contribution is -2.19. The van der Waals surface area contributed by atoms with E-state index in [0.717, 1.165) is 80.0 Å². The molecule has 3 aromatic heterocycles. The van der Waals surface area contributed by atoms with E-state index in [-0.39, 0.29) is 19.8 Å². The number of rotatable bonds is 21. The number of aliphatic carboxylic acids is 1. The summed E-state index contributed by atoms with van der Waals surface area (Å²) in [6.45, 7) is 5.07. The van der Waals surface area contributed by atoms with Crippen molar-refractivity contribution >= 4 is 111 Å². The van der Waals surface area contributed by atoms with Crippen LogP contribution in [-0.4, -0.2) is 59.0 Å². The van der Waals surface area contributed by atoms with Crippen molar-refractivity contribution in [2.75, 3.05) is 48.6 Å². The van der Waals surface area contributed by atoms with Gasteiger partial charge in [0, 0.05) is 82.2 Å². The maximum atomic E-state index is 11.6. The minimum absolute atomic E-state index is 0. The molecule has 24 heteroatoms. The lowest BCUT2D eigenvalue weighted by molar-refractivity contribution is -0.136. The number of para-hydroxylation sites is 3. The minimum Gasteiger partial charge on any atom is -0.481 e. The van der Waals surface area contributed by atoms with Gasteiger partial charge in [-0.2, -0.15) is 0 Å². The topological polar surface area (TPSA) is 316 Å². The van der Waals surface area contributed by atoms with Gasteiger partial charge in [-0.1, -0.05) is 106 Å². The third-order valence-electron chi connectivity index (χ3n) is 12.8. The molecular formula is C74H75BClN15O7. The van der Waals surface area contributed by atoms with Crippen LogP contribution in [0.4, 0.5) is 80.3 Å². The van der Waals surface area contributed by atoms with Crippen LogP contribution in [0.15, 0.2) is 274 Å². The molecule has 13 N–H and O–H groups in total. The summed E-state index contributed by atoms with van der Waals surface area (Å²) >= 11 is 5.77. The number of carbonyl (C=O) groups excluding carboxylic acids is 1. The molecule has 0 saturated carbocycles. The number of hydrogen-bond acceptors (Lipinski definition) is 20. The number of carbonyl (C=O) groups is 2. The van der Waals surface area contributed by atoms with Gasteiger partial charge in [0.2, 0.25) is 5.91 Å². The number of nitrogens with two attached hydrogens (primary N) is 2. The Morgan fingerprint density at radius 3 is 1.12 bits per heavy atom. The molecule has 0 bridgehead atoms. The molecule has 0 saturated heterocycles. The Labute approximate surface area is 574 Å². The number of carboxylic acids is 1. The van der Waals surface area contributed by atoms with Gasteiger partial charge in [0.15, 0.2) is 0 Å². The average Bonchev–Trinajstić information content (AvgIpc) is 0.965. The number of ether oxygens (including phenoxy) is 3. The Bertz CT molecular complexity index is 4350. The van der Waals surface area contributed by atoms with Crippen LogP contribution < -0.4 is 62.8 Å². The summed E-state index contributed by atoms with van der Waals surface area (Å²) in [7, 11) is -0.603. The van der Waals surface area contributed by atoms with Crippen LogP contribution >= 0.6 is 11.6 Å². The summed E-state index contributed by atoms with van der Waals surface area (Å²) in [6.07, 6.45) is 5.03. The largest absolute Gasteiger partial charge is 0.481 e. The summed E-state index contributed by atoms with van der Waals surface area (Å²) < 4.78 is 17.2. The Morgan fingerprint density at radius 1 is 0.398 bits per heavy atom. The van der Waals surface area contributed by atoms with Gasteiger partial charge in [0.05, 0.1) is 0 Å². The van der Waals surface area contributed by atoms with Crippen LogP contribution in [0.3, 0.4) is 0 Å². The molecule has 0 atom stereocenters. The second-order valence-electron chi connectivity index (χ2n) is 20.5. The van der Waals surface area contributed by atoms with Crippen molar-refractivity contribution in [2.45, 2.75) is 40.9 Å². The van der Waals surface area contributed by atoms with Crippen molar-refractivity contribution in [1.29, 1.82) is 0 Å². The van der Waals surface area contributed by atoms with Crippen molar-refractivity contribution in [2.24, 2.45) is 0 Å². The second-order valence-corrected chi connectivity index (χ2v) is 20.9. The third-order valence-corrected chi connectivity index (χ3v) is 13.0. The zero-order chi connectivity index (χ0) is 68.4. The van der Waals surface area contributed by atoms with Crippen LogP contribution in [0.5, 0.6) is 34.5 Å². The molecule has 3 heterocycles. The molecule has 98 heavy (non-hydrogen) atoms. The Kier molecular flexibility index (Phi) is 29.0. The number of amides is 1. The molecule has 0 aliphatic rings. The molecule has 9 aromatic carbocycles. The predicted octanol–water partition coefficient (Wildman–Crippen LogP) is 18.0. The molecule has 1 amide bonds. The standard InChI is InChI=1S/C25H23N5O2.C22H19N5O.C12H11NO.C11H12BClN4O.C3H6O2.CH4/c1-2-25(31)30-20-8-6-7-19(15-20)29-24-16-23(26-17-27-24)28-18-11-13-22(14-12-18)32-21-9-4-3-5-10-21;23-16-5-4-6-18(13-16)27-22-14-21(24-15-25-22)26-17-9-11-20(12-10-17)28-19-7-2-1-3-8-19;13-10-6-8-12(9-7-10)14-11-4-2-1-3-5-11;1-12(18)17-9-4-2-3-8(5-9)16-11-6-10(13)14-7-15-11;1-2-3(4)5;/h3-17H,2H2,1H3,(H,30,31)(H2,26,27,28,29);1-15H,23H2,(H2,24,25,26,27);1-9H,13H2;2-7,17-18H,1H3,(H,14,15,16);2H2,1H3,(H,4,5);1H4. The first-order valence-corrected chi connectivity index (χ1v) is 30.8. The first kappa shape index (κ1) is 72.7. The van der Waals surface area contributed by atoms with Gasteiger partial charge < -0.3 is 72.9 Å². The van der Waals surface area contributed by atoms with Gasteiger partial charge in [0.25, 0.3) is 0 Å². The number of nitrogens with zero attached hydrogens (tertiary/aromatic N) is 6. The Morgan fingerprint density at radius 2 is 0.735 bits per heavy atom. The highest BCUT2D eigenvalue weighted by Crippen LogP contribution is 2.29. The van der Waals surface area contributed by atoms with Gasteiger partial charge in [-0.15, -0.1) is 0 Å². The number of nitrogen functional groups attached to an aromatic ring is 2. The SMILES string of the molecule is C.CB(O)Nc1cccc(Nc2cc(Cl)ncn2)c1.CCC(=O)Nc1cccc(Nc2cc(Nc3ccc(Oc4ccccc4)cc3)ncn2)c1.CCC(=O)O.Nc1ccc(Oc2ccccc2)cc1.Nc1cccc(Nc2cc(Nc3ccc(Oc4ccccc4)cc3)ncn2)c1. The number of nitrogens with one attached hydrogen (secondary N) is 7. The van der Waals surface area contributed by atoms with E-state index in [9.17, 15) is 14.6 Å². The molecule has 0 unspecified atom stereocenters. The second kappa shape index (κ2) is 39.1. The van der Waals surface area contributed by atoms with Crippen LogP contribution in [-0.2, 0) is 9.59 Å². The van der Waals surface area contributed by atoms with Gasteiger partial charge in [0.1, 0.15) is 87.7 Å². The van der Waals surface area contributed by atoms with Crippen LogP contribution in [0, 0.1) is 0 Å². The van der Waals surface area contributed by atoms with Gasteiger partial charge in [-0.3, -0.25) is 9.59 Å². The molecule has 498 valence electrons. The predicted molar refractivity (Wildman–Crippen MR) is 396 cm³/mol. The van der Waals surface area contributed by atoms with Crippen LogP contribution in [0.1, 0.15) is 34.1 Å². The van der Waals surface area contributed by atoms with E-state index in [1.165, 1.54) is 19.0 Å². The molecule has 22 nitrogen and oxygen atoms in total. The molecule has 0 fully saturated rings. The van der Waals surface area contributed by atoms with E-state index in [0.29, 0.717) is 46.4 Å². The maximum absolute atomic E-state index is 11.6. The number of aromatic nitrogens is 6. The number of benzene rings is 9. The summed E-state index contributed by atoms with van der Waals surface area (Å²) in [5, 5.41) is 39.2. The van der Waals surface area contributed by atoms with Crippen molar-refractivity contribution < 1.29 is 33.9 Å². The van der Waals surface area contributed by atoms with E-state index >= 15 is 0 Å². The summed E-state index contributed by atoms with van der Waals surface area (Å²) in [4.78, 5) is 45.9. The summed E-state index contributed by atoms with van der Waals surface area (Å²) in [5.41, 5.74) is 18.6. The number of anilines is 14. The van der Waals surface area contributed by atoms with Crippen LogP contribution in [0.2, 0.25) is 12.0 Å². The van der Waals surface area contributed by atoms with E-state index < -0.39 is 13.0 Å². The third kappa shape index (κ3) is 26.7. The molecule has 0 spiro atoms. The molecule has 12 rings (SSSR count). The van der Waals surface area contributed by atoms with E-state index in [1.54, 1.807) is 19.8 Å². The fraction of sp³-hybridized carbons (Fsp3) is 0.0811. The van der Waals surface area contributed by atoms with Gasteiger partial charge >= 0.3 is 13.0 Å². The molecule has 0 aliphatic carbocycles. The highest BCUT2D eigenvalue weighted by atomic mass is 35.5. The van der Waals surface area contributed by atoms with Gasteiger partial charge in [-0.25, -0.2) is 29.9 Å². The first-order chi connectivity index (χ1) is 47.2. The van der Waals surface area contributed by atoms with Gasteiger partial charge in [-0.05, 0) is 171 Å². The lowest BCUT2D eigenvalue weighted by Gasteiger charge is -2.11. The Balaban J connectivity index is 0.000000186. The van der Waals surface area contributed by atoms with Crippen LogP contribution in [0.25, 0.3) is 0 Å². The number of halogens is 1. The number of carboxylic acid groups (broad SMARTS) is 1. The summed E-state index contributed by atoms with van der Waals surface area (Å²) in [5.74, 6) is 7.21. The Hall–Kier alpha value is -12.7. The molecule has 0 aliphatic heterocycles. The van der Waals surface area contributed by atoms with Crippen molar-refractivity contribution in [3.8, 4) is 34.5 Å². The smallest absolute Gasteiger partial charge is 0.406 e. The minimum atomic E-state index is -0.745. The zero-order valence-corrected chi connectivity index (χ0v) is 53.9. The quantitative estimate of drug-likeness (QED) is 0.0181. The van der Waals surface area contributed by atoms with E-state index in [1.807, 2.05) is 256 Å². The zero-order valence-electron chi connectivity index (χ0n) is 53.1. The fourth-order valence-corrected chi connectivity index (χ4v) is 8.37. The maximum Gasteiger partial charge on any atom is 0.406 e. The van der Waals surface area contributed by atoms with Crippen molar-refractivity contribution in [3.05, 3.63) is 279 Å². The van der Waals surface area contributed by atoms with E-state index in [4.69, 9.17) is 42.4 Å². The highest BCUT2D eigenvalue weighted by molar-refractivity contribution is 6.52. The normalized spacial score (nSPS) is 9.89. The molecular weight excluding hydrogens is 1260 g/mol. The average molecular weight is 1330 g/mol. The van der Waals surface area contributed by atoms with E-state index in [2.05, 4.69) is 67.0 Å². The molecule has 12 aromatic rings.